The van der Waals surface area contributed by atoms with E-state index in [-0.39, 0.29) is 0 Å². The molecule has 0 heterocycles. The van der Waals surface area contributed by atoms with E-state index in [1.54, 1.807) is 0 Å². The second-order valence-corrected chi connectivity index (χ2v) is 9.10. The molecule has 2 heteroatoms. The van der Waals surface area contributed by atoms with Gasteiger partial charge in [-0.15, -0.1) is 0 Å². The standard InChI is InChI=1S/C22H21NTe/c1-17-10-9-11-18(2)22(17)23-21(16-19-12-5-3-6-13-19)24-20-14-7-4-8-15-20/h3-15H,16H2,1-2H3. The summed E-state index contributed by atoms with van der Waals surface area (Å²) < 4.78 is 2.76. The van der Waals surface area contributed by atoms with E-state index in [2.05, 4.69) is 92.7 Å². The average Bonchev–Trinajstić information content (AvgIpc) is 2.60. The molecule has 0 fully saturated rings. The molecule has 0 aliphatic heterocycles. The number of aryl methyl sites for hydroxylation is 2. The Hall–Kier alpha value is -1.88. The van der Waals surface area contributed by atoms with Crippen molar-refractivity contribution in [3.05, 3.63) is 95.6 Å². The molecular weight excluding hydrogens is 406 g/mol. The quantitative estimate of drug-likeness (QED) is 0.417. The molecule has 0 atom stereocenters. The first-order valence-electron chi connectivity index (χ1n) is 8.13. The summed E-state index contributed by atoms with van der Waals surface area (Å²) in [7, 11) is 0. The Kier molecular flexibility index (Phi) is 5.86. The Morgan fingerprint density at radius 3 is 1.96 bits per heavy atom. The van der Waals surface area contributed by atoms with E-state index in [4.69, 9.17) is 4.99 Å². The van der Waals surface area contributed by atoms with Crippen molar-refractivity contribution in [2.75, 3.05) is 0 Å². The number of benzene rings is 3. The Morgan fingerprint density at radius 2 is 1.33 bits per heavy atom. The summed E-state index contributed by atoms with van der Waals surface area (Å²) in [4.78, 5) is 5.12. The Labute approximate surface area is 154 Å². The van der Waals surface area contributed by atoms with Gasteiger partial charge in [0.05, 0.1) is 0 Å². The monoisotopic (exact) mass is 429 g/mol. The van der Waals surface area contributed by atoms with Crippen LogP contribution in [0.2, 0.25) is 0 Å². The topological polar surface area (TPSA) is 12.4 Å². The summed E-state index contributed by atoms with van der Waals surface area (Å²) in [6, 6.07) is 27.9. The molecule has 1 nitrogen and oxygen atoms in total. The third-order valence-corrected chi connectivity index (χ3v) is 6.65. The summed E-state index contributed by atoms with van der Waals surface area (Å²) >= 11 is -0.475. The second kappa shape index (κ2) is 8.29. The zero-order valence-corrected chi connectivity index (χ0v) is 16.4. The predicted octanol–water partition coefficient (Wildman–Crippen LogP) is 4.61. The SMILES string of the molecule is Cc1cccc(C)c1N=C(Cc1ccccc1)[Te]c1ccccc1. The fraction of sp³-hybridized carbons (Fsp3) is 0.136. The normalized spacial score (nSPS) is 11.5. The minimum atomic E-state index is -0.475. The van der Waals surface area contributed by atoms with E-state index < -0.39 is 20.9 Å². The van der Waals surface area contributed by atoms with Crippen molar-refractivity contribution in [1.29, 1.82) is 0 Å². The molecule has 0 N–H and O–H groups in total. The third-order valence-electron chi connectivity index (χ3n) is 3.85. The van der Waals surface area contributed by atoms with E-state index in [1.807, 2.05) is 0 Å². The fourth-order valence-corrected chi connectivity index (χ4v) is 5.29. The average molecular weight is 427 g/mol. The van der Waals surface area contributed by atoms with Gasteiger partial charge in [-0.3, -0.25) is 0 Å². The van der Waals surface area contributed by atoms with Crippen LogP contribution in [0.5, 0.6) is 0 Å². The molecule has 0 aromatic heterocycles. The van der Waals surface area contributed by atoms with E-state index in [0.29, 0.717) is 0 Å². The van der Waals surface area contributed by atoms with Crippen molar-refractivity contribution in [3.8, 4) is 0 Å². The second-order valence-electron chi connectivity index (χ2n) is 5.82. The van der Waals surface area contributed by atoms with E-state index >= 15 is 0 Å². The Bertz CT molecular complexity index is 759. The number of hydrogen-bond donors (Lipinski definition) is 0. The van der Waals surface area contributed by atoms with Gasteiger partial charge in [0, 0.05) is 0 Å². The molecule has 0 saturated carbocycles. The number of nitrogens with zero attached hydrogens (tertiary/aromatic N) is 1. The fourth-order valence-electron chi connectivity index (χ4n) is 2.60. The van der Waals surface area contributed by atoms with Gasteiger partial charge >= 0.3 is 155 Å². The van der Waals surface area contributed by atoms with Crippen LogP contribution in [0.3, 0.4) is 0 Å². The van der Waals surface area contributed by atoms with Crippen LogP contribution in [-0.2, 0) is 6.42 Å². The summed E-state index contributed by atoms with van der Waals surface area (Å²) in [5.74, 6) is 0. The first kappa shape index (κ1) is 17.0. The number of hydrogen-bond acceptors (Lipinski definition) is 1. The van der Waals surface area contributed by atoms with Crippen LogP contribution in [0, 0.1) is 13.8 Å². The molecule has 0 aliphatic carbocycles. The van der Waals surface area contributed by atoms with Crippen molar-refractivity contribution < 1.29 is 0 Å². The van der Waals surface area contributed by atoms with Crippen LogP contribution in [-0.4, -0.2) is 24.7 Å². The summed E-state index contributed by atoms with van der Waals surface area (Å²) in [5.41, 5.74) is 4.98. The first-order chi connectivity index (χ1) is 11.7. The van der Waals surface area contributed by atoms with E-state index in [0.717, 1.165) is 12.1 Å². The number of aliphatic imine (C=N–C) groups is 1. The summed E-state index contributed by atoms with van der Waals surface area (Å²) in [6.07, 6.45) is 0.936. The molecule has 3 aromatic rings. The van der Waals surface area contributed by atoms with Gasteiger partial charge in [-0.05, 0) is 0 Å². The van der Waals surface area contributed by atoms with Crippen molar-refractivity contribution in [2.24, 2.45) is 4.99 Å². The van der Waals surface area contributed by atoms with Crippen molar-refractivity contribution in [2.45, 2.75) is 20.3 Å². The first-order valence-corrected chi connectivity index (χ1v) is 10.5. The summed E-state index contributed by atoms with van der Waals surface area (Å²) in [5, 5.41) is 0. The summed E-state index contributed by atoms with van der Waals surface area (Å²) in [6.45, 7) is 4.30. The Morgan fingerprint density at radius 1 is 0.750 bits per heavy atom. The molecule has 3 aromatic carbocycles. The van der Waals surface area contributed by atoms with Gasteiger partial charge < -0.3 is 0 Å². The molecule has 24 heavy (non-hydrogen) atoms. The molecule has 0 unspecified atom stereocenters. The molecule has 0 amide bonds. The third kappa shape index (κ3) is 4.57. The van der Waals surface area contributed by atoms with Gasteiger partial charge in [0.15, 0.2) is 0 Å². The number of para-hydroxylation sites is 1. The van der Waals surface area contributed by atoms with Crippen molar-refractivity contribution in [1.82, 2.24) is 0 Å². The Balaban J connectivity index is 1.96. The minimum absolute atomic E-state index is 0.475. The van der Waals surface area contributed by atoms with Gasteiger partial charge in [0.25, 0.3) is 0 Å². The van der Waals surface area contributed by atoms with E-state index in [9.17, 15) is 0 Å². The molecule has 0 saturated heterocycles. The maximum absolute atomic E-state index is 5.12. The van der Waals surface area contributed by atoms with Gasteiger partial charge in [0.2, 0.25) is 0 Å². The molecular formula is C22H21NTe. The maximum atomic E-state index is 5.12. The van der Waals surface area contributed by atoms with Gasteiger partial charge in [-0.2, -0.15) is 0 Å². The predicted molar refractivity (Wildman–Crippen MR) is 105 cm³/mol. The van der Waals surface area contributed by atoms with Crippen molar-refractivity contribution in [3.63, 3.8) is 0 Å². The van der Waals surface area contributed by atoms with Crippen LogP contribution in [0.4, 0.5) is 5.69 Å². The number of rotatable bonds is 5. The molecule has 0 radical (unpaired) electrons. The van der Waals surface area contributed by atoms with Gasteiger partial charge in [-0.25, -0.2) is 0 Å². The zero-order valence-electron chi connectivity index (χ0n) is 14.1. The van der Waals surface area contributed by atoms with Crippen LogP contribution < -0.4 is 3.61 Å². The van der Waals surface area contributed by atoms with Crippen molar-refractivity contribution >= 4 is 34.0 Å². The molecule has 120 valence electrons. The van der Waals surface area contributed by atoms with Crippen LogP contribution in [0.15, 0.2) is 83.9 Å². The van der Waals surface area contributed by atoms with Gasteiger partial charge in [-0.1, -0.05) is 0 Å². The van der Waals surface area contributed by atoms with Gasteiger partial charge in [0.1, 0.15) is 0 Å². The molecule has 3 rings (SSSR count). The molecule has 0 aliphatic rings. The van der Waals surface area contributed by atoms with Crippen LogP contribution in [0.25, 0.3) is 0 Å². The molecule has 0 spiro atoms. The zero-order chi connectivity index (χ0) is 16.8. The van der Waals surface area contributed by atoms with Crippen LogP contribution >= 0.6 is 0 Å². The molecule has 0 bridgehead atoms. The van der Waals surface area contributed by atoms with Crippen LogP contribution in [0.1, 0.15) is 16.7 Å². The van der Waals surface area contributed by atoms with E-state index in [1.165, 1.54) is 24.1 Å².